The van der Waals surface area contributed by atoms with Gasteiger partial charge in [-0.1, -0.05) is 24.3 Å². The van der Waals surface area contributed by atoms with Crippen LogP contribution in [0.25, 0.3) is 0 Å². The van der Waals surface area contributed by atoms with Crippen molar-refractivity contribution < 1.29 is 19.1 Å². The monoisotopic (exact) mass is 396 g/mol. The number of rotatable bonds is 7. The van der Waals surface area contributed by atoms with Crippen LogP contribution in [0.1, 0.15) is 13.3 Å². The molecule has 8 nitrogen and oxygen atoms in total. The number of nitrogens with one attached hydrogen (secondary N) is 1. The van der Waals surface area contributed by atoms with Gasteiger partial charge in [-0.3, -0.25) is 4.90 Å². The van der Waals surface area contributed by atoms with E-state index in [1.165, 1.54) is 4.90 Å². The van der Waals surface area contributed by atoms with E-state index in [1.807, 2.05) is 19.1 Å². The van der Waals surface area contributed by atoms with Crippen molar-refractivity contribution in [1.29, 1.82) is 0 Å². The van der Waals surface area contributed by atoms with Crippen molar-refractivity contribution >= 4 is 29.3 Å². The average molecular weight is 396 g/mol. The van der Waals surface area contributed by atoms with E-state index in [2.05, 4.69) is 15.3 Å². The van der Waals surface area contributed by atoms with Gasteiger partial charge in [0.05, 0.1) is 18.7 Å². The Balaban J connectivity index is 1.82. The topological polar surface area (TPSA) is 92.6 Å². The molecule has 0 spiro atoms. The number of hydrogen-bond donors (Lipinski definition) is 1. The smallest absolute Gasteiger partial charge is 0.349 e. The standard InChI is InChI=1S/C21H24N4O4/c1-3-29-13-7-12-25-19(17-10-4-5-11-18(17)23-21(25)27)24-20(26)22-15-8-6-9-16(14-15)28-2/h4-6,8-11,14,17H,3,7,12-13H2,1-2H3,(H,22,26)/b24-19-. The summed E-state index contributed by atoms with van der Waals surface area (Å²) in [6.45, 7) is 3.41. The number of carbonyl (C=O) groups is 2. The van der Waals surface area contributed by atoms with E-state index in [4.69, 9.17) is 9.47 Å². The third-order valence-corrected chi connectivity index (χ3v) is 4.42. The van der Waals surface area contributed by atoms with E-state index < -0.39 is 12.1 Å². The van der Waals surface area contributed by atoms with Gasteiger partial charge in [0.25, 0.3) is 0 Å². The molecule has 4 amide bonds. The third kappa shape index (κ3) is 5.17. The van der Waals surface area contributed by atoms with Crippen molar-refractivity contribution in [3.05, 3.63) is 48.6 Å². The Bertz CT molecular complexity index is 888. The molecule has 1 aliphatic heterocycles. The van der Waals surface area contributed by atoms with Gasteiger partial charge in [-0.2, -0.15) is 9.98 Å². The molecule has 152 valence electrons. The Labute approximate surface area is 169 Å². The van der Waals surface area contributed by atoms with E-state index in [0.29, 0.717) is 49.2 Å². The summed E-state index contributed by atoms with van der Waals surface area (Å²) in [6.07, 6.45) is 7.91. The minimum absolute atomic E-state index is 0.346. The fourth-order valence-electron chi connectivity index (χ4n) is 3.06. The van der Waals surface area contributed by atoms with Crippen LogP contribution in [-0.4, -0.2) is 55.4 Å². The number of methoxy groups -OCH3 is 1. The Kier molecular flexibility index (Phi) is 6.91. The largest absolute Gasteiger partial charge is 0.497 e. The predicted octanol–water partition coefficient (Wildman–Crippen LogP) is 3.67. The van der Waals surface area contributed by atoms with E-state index in [1.54, 1.807) is 43.5 Å². The number of hydrogen-bond acceptors (Lipinski definition) is 4. The number of benzene rings is 1. The highest BCUT2D eigenvalue weighted by Gasteiger charge is 2.34. The molecule has 0 radical (unpaired) electrons. The first kappa shape index (κ1) is 20.5. The fraction of sp³-hybridized carbons (Fsp3) is 0.333. The number of ether oxygens (including phenoxy) is 2. The van der Waals surface area contributed by atoms with Crippen LogP contribution in [0.5, 0.6) is 5.75 Å². The highest BCUT2D eigenvalue weighted by molar-refractivity contribution is 6.24. The van der Waals surface area contributed by atoms with Crippen LogP contribution in [-0.2, 0) is 4.74 Å². The molecule has 0 aromatic heterocycles. The molecule has 1 heterocycles. The Morgan fingerprint density at radius 2 is 2.21 bits per heavy atom. The van der Waals surface area contributed by atoms with Crippen molar-refractivity contribution in [2.24, 2.45) is 15.9 Å². The first-order valence-corrected chi connectivity index (χ1v) is 9.48. The van der Waals surface area contributed by atoms with Gasteiger partial charge in [-0.15, -0.1) is 0 Å². The number of urea groups is 2. The van der Waals surface area contributed by atoms with Gasteiger partial charge in [-0.05, 0) is 31.6 Å². The normalized spacial score (nSPS) is 19.2. The van der Waals surface area contributed by atoms with Crippen LogP contribution in [0, 0.1) is 5.92 Å². The summed E-state index contributed by atoms with van der Waals surface area (Å²) in [5.74, 6) is 0.633. The zero-order valence-electron chi connectivity index (χ0n) is 16.5. The molecule has 8 heteroatoms. The van der Waals surface area contributed by atoms with Crippen molar-refractivity contribution in [2.45, 2.75) is 13.3 Å². The molecule has 0 fully saturated rings. The van der Waals surface area contributed by atoms with Gasteiger partial charge < -0.3 is 14.8 Å². The number of anilines is 1. The third-order valence-electron chi connectivity index (χ3n) is 4.42. The molecule has 1 aromatic rings. The first-order valence-electron chi connectivity index (χ1n) is 9.48. The number of nitrogens with zero attached hydrogens (tertiary/aromatic N) is 3. The second kappa shape index (κ2) is 9.79. The maximum absolute atomic E-state index is 12.6. The highest BCUT2D eigenvalue weighted by atomic mass is 16.5. The summed E-state index contributed by atoms with van der Waals surface area (Å²) in [5.41, 5.74) is 1.13. The van der Waals surface area contributed by atoms with Crippen LogP contribution in [0.4, 0.5) is 15.3 Å². The Morgan fingerprint density at radius 1 is 1.34 bits per heavy atom. The summed E-state index contributed by atoms with van der Waals surface area (Å²) in [6, 6.07) is 5.98. The quantitative estimate of drug-likeness (QED) is 0.712. The van der Waals surface area contributed by atoms with E-state index in [9.17, 15) is 9.59 Å². The number of carbonyl (C=O) groups excluding carboxylic acids is 2. The number of allylic oxidation sites excluding steroid dienone is 3. The maximum Gasteiger partial charge on any atom is 0.349 e. The molecular weight excluding hydrogens is 372 g/mol. The van der Waals surface area contributed by atoms with Crippen molar-refractivity contribution in [1.82, 2.24) is 4.90 Å². The van der Waals surface area contributed by atoms with Crippen LogP contribution < -0.4 is 10.1 Å². The van der Waals surface area contributed by atoms with Gasteiger partial charge in [-0.25, -0.2) is 9.59 Å². The van der Waals surface area contributed by atoms with Crippen LogP contribution in [0.3, 0.4) is 0 Å². The molecule has 1 aromatic carbocycles. The minimum Gasteiger partial charge on any atom is -0.497 e. The Morgan fingerprint density at radius 3 is 3.00 bits per heavy atom. The first-order chi connectivity index (χ1) is 14.1. The lowest BCUT2D eigenvalue weighted by atomic mass is 9.94. The SMILES string of the molecule is CCOCCCN1C(=O)N=C2C=CC=CC2/C1=N/C(=O)Nc1cccc(OC)c1. The second-order valence-corrected chi connectivity index (χ2v) is 6.38. The summed E-state index contributed by atoms with van der Waals surface area (Å²) in [5, 5.41) is 2.72. The molecule has 3 rings (SSSR count). The second-order valence-electron chi connectivity index (χ2n) is 6.38. The summed E-state index contributed by atoms with van der Waals surface area (Å²) < 4.78 is 10.5. The Hall–Kier alpha value is -3.26. The van der Waals surface area contributed by atoms with Crippen LogP contribution in [0.15, 0.2) is 58.6 Å². The van der Waals surface area contributed by atoms with Crippen LogP contribution in [0.2, 0.25) is 0 Å². The molecule has 1 atom stereocenters. The van der Waals surface area contributed by atoms with Gasteiger partial charge in [0.2, 0.25) is 0 Å². The lowest BCUT2D eigenvalue weighted by Gasteiger charge is -2.31. The molecule has 0 bridgehead atoms. The van der Waals surface area contributed by atoms with Gasteiger partial charge in [0, 0.05) is 31.5 Å². The molecule has 1 aliphatic carbocycles. The minimum atomic E-state index is -0.569. The highest BCUT2D eigenvalue weighted by Crippen LogP contribution is 2.22. The zero-order chi connectivity index (χ0) is 20.6. The zero-order valence-corrected chi connectivity index (χ0v) is 16.5. The maximum atomic E-state index is 12.6. The van der Waals surface area contributed by atoms with Crippen molar-refractivity contribution in [2.75, 3.05) is 32.2 Å². The molecule has 2 aliphatic rings. The number of fused-ring (bicyclic) bond motifs is 1. The van der Waals surface area contributed by atoms with Crippen molar-refractivity contribution in [3.63, 3.8) is 0 Å². The predicted molar refractivity (Wildman–Crippen MR) is 112 cm³/mol. The number of aliphatic imine (C=N–C) groups is 2. The summed E-state index contributed by atoms with van der Waals surface area (Å²) >= 11 is 0. The summed E-state index contributed by atoms with van der Waals surface area (Å²) in [7, 11) is 1.55. The summed E-state index contributed by atoms with van der Waals surface area (Å²) in [4.78, 5) is 35.0. The molecule has 1 N–H and O–H groups in total. The van der Waals surface area contributed by atoms with E-state index >= 15 is 0 Å². The molecule has 0 saturated carbocycles. The number of amidine groups is 1. The molecule has 29 heavy (non-hydrogen) atoms. The van der Waals surface area contributed by atoms with Gasteiger partial charge in [0.15, 0.2) is 0 Å². The van der Waals surface area contributed by atoms with Gasteiger partial charge in [0.1, 0.15) is 11.6 Å². The van der Waals surface area contributed by atoms with Gasteiger partial charge >= 0.3 is 12.1 Å². The van der Waals surface area contributed by atoms with Crippen molar-refractivity contribution in [3.8, 4) is 5.75 Å². The lowest BCUT2D eigenvalue weighted by molar-refractivity contribution is 0.140. The number of amides is 4. The average Bonchev–Trinajstić information content (AvgIpc) is 2.72. The lowest BCUT2D eigenvalue weighted by Crippen LogP contribution is -2.47. The molecule has 1 unspecified atom stereocenters. The molecule has 0 saturated heterocycles. The van der Waals surface area contributed by atoms with E-state index in [-0.39, 0.29) is 5.92 Å². The molecular formula is C21H24N4O4. The fourth-order valence-corrected chi connectivity index (χ4v) is 3.06. The van der Waals surface area contributed by atoms with Crippen LogP contribution >= 0.6 is 0 Å². The van der Waals surface area contributed by atoms with E-state index in [0.717, 1.165) is 0 Å².